The quantitative estimate of drug-likeness (QED) is 0.143. The summed E-state index contributed by atoms with van der Waals surface area (Å²) in [5, 5.41) is 2.12. The lowest BCUT2D eigenvalue weighted by atomic mass is 9.54. The Bertz CT molecular complexity index is 6990. The van der Waals surface area contributed by atoms with Crippen molar-refractivity contribution in [2.45, 2.75) is 116 Å². The van der Waals surface area contributed by atoms with E-state index in [1.165, 1.54) is 100 Å². The van der Waals surface area contributed by atoms with Crippen LogP contribution < -0.4 is 0 Å². The van der Waals surface area contributed by atoms with Gasteiger partial charge in [-0.1, -0.05) is 411 Å². The second kappa shape index (κ2) is 29.7. The van der Waals surface area contributed by atoms with Gasteiger partial charge in [-0.05, 0) is 153 Å². The van der Waals surface area contributed by atoms with Crippen LogP contribution in [-0.4, -0.2) is 29.9 Å². The maximum atomic E-state index is 5.26. The zero-order valence-electron chi connectivity index (χ0n) is 70.3. The number of benzene rings is 15. The summed E-state index contributed by atoms with van der Waals surface area (Å²) in [7, 11) is 0. The molecule has 120 heavy (non-hydrogen) atoms. The predicted molar refractivity (Wildman–Crippen MR) is 502 cm³/mol. The molecule has 0 N–H and O–H groups in total. The molecular weight excluding hydrogens is 1450 g/mol. The van der Waals surface area contributed by atoms with Gasteiger partial charge in [0.1, 0.15) is 0 Å². The Morgan fingerprint density at radius 1 is 0.158 bits per heavy atom. The van der Waals surface area contributed by atoms with E-state index in [1.807, 2.05) is 60.7 Å². The van der Waals surface area contributed by atoms with Gasteiger partial charge in [-0.25, -0.2) is 29.9 Å². The van der Waals surface area contributed by atoms with E-state index >= 15 is 0 Å². The lowest BCUT2D eigenvalue weighted by molar-refractivity contribution is 0.300. The van der Waals surface area contributed by atoms with Crippen LogP contribution in [0.15, 0.2) is 364 Å². The topological polar surface area (TPSA) is 77.3 Å². The molecule has 18 aromatic rings. The third-order valence-corrected chi connectivity index (χ3v) is 27.7. The highest BCUT2D eigenvalue weighted by Gasteiger charge is 2.50. The molecule has 15 aromatic carbocycles. The summed E-state index contributed by atoms with van der Waals surface area (Å²) in [6.45, 7) is 28.7. The third kappa shape index (κ3) is 12.8. The average molecular weight is 1550 g/mol. The predicted octanol–water partition coefficient (Wildman–Crippen LogP) is 29.6. The Morgan fingerprint density at radius 2 is 0.433 bits per heavy atom. The molecule has 0 atom stereocenters. The van der Waals surface area contributed by atoms with Gasteiger partial charge in [0.2, 0.25) is 0 Å². The molecule has 3 aliphatic rings. The maximum Gasteiger partial charge on any atom is 0.160 e. The van der Waals surface area contributed by atoms with Crippen LogP contribution in [0.25, 0.3) is 167 Å². The Morgan fingerprint density at radius 3 is 0.817 bits per heavy atom. The molecule has 21 rings (SSSR count). The second-order valence-electron chi connectivity index (χ2n) is 35.6. The van der Waals surface area contributed by atoms with Crippen molar-refractivity contribution in [3.63, 3.8) is 0 Å². The van der Waals surface area contributed by atoms with E-state index in [9.17, 15) is 0 Å². The number of hydrogen-bond donors (Lipinski definition) is 0. The highest BCUT2D eigenvalue weighted by atomic mass is 14.9. The second-order valence-corrected chi connectivity index (χ2v) is 35.6. The number of nitrogens with zero attached hydrogens (tertiary/aromatic N) is 6. The van der Waals surface area contributed by atoms with Crippen LogP contribution in [0.5, 0.6) is 0 Å². The van der Waals surface area contributed by atoms with Crippen molar-refractivity contribution in [1.29, 1.82) is 0 Å². The average Bonchev–Trinajstić information content (AvgIpc) is 0.714. The van der Waals surface area contributed by atoms with E-state index in [0.29, 0.717) is 0 Å². The minimum Gasteiger partial charge on any atom is -0.244 e. The maximum absolute atomic E-state index is 5.26. The summed E-state index contributed by atoms with van der Waals surface area (Å²) < 4.78 is 0. The van der Waals surface area contributed by atoms with Gasteiger partial charge in [-0.2, -0.15) is 0 Å². The SMILES string of the molecule is CC1(C)c2ccccc2-c2cccc(-c3ccc4c(-c5ccccc5)nc(-c5ccccc5)nc4c3)c2C1(C)C.CC1(C)c2ccccc2-c2cccc(-c3ccc4nc(-c5ccccc5)c(-c5ccccc5)nc4c3)c2C1(C)C.CC1(C)c2ccccc2-c2cccc(-c3ccc4nc(-c5ccccc5)nc(-c5ccccc5)c4c3)c2C1(C)C. The number of rotatable bonds is 9. The molecule has 0 unspecified atom stereocenters. The third-order valence-electron chi connectivity index (χ3n) is 27.7. The Labute approximate surface area is 705 Å². The van der Waals surface area contributed by atoms with Gasteiger partial charge in [-0.15, -0.1) is 0 Å². The van der Waals surface area contributed by atoms with E-state index in [1.54, 1.807) is 0 Å². The zero-order valence-corrected chi connectivity index (χ0v) is 70.3. The summed E-state index contributed by atoms with van der Waals surface area (Å²) in [4.78, 5) is 30.8. The Hall–Kier alpha value is -13.7. The molecule has 6 nitrogen and oxygen atoms in total. The van der Waals surface area contributed by atoms with Crippen LogP contribution in [0, 0.1) is 0 Å². The molecule has 0 fully saturated rings. The van der Waals surface area contributed by atoms with Crippen molar-refractivity contribution in [3.8, 4) is 135 Å². The van der Waals surface area contributed by atoms with Crippen molar-refractivity contribution in [2.24, 2.45) is 0 Å². The van der Waals surface area contributed by atoms with Gasteiger partial charge in [0.25, 0.3) is 0 Å². The molecular formula is C114H96N6. The molecule has 3 aromatic heterocycles. The van der Waals surface area contributed by atoms with Gasteiger partial charge in [-0.3, -0.25) is 0 Å². The first-order valence-electron chi connectivity index (χ1n) is 42.1. The fourth-order valence-electron chi connectivity index (χ4n) is 19.3. The van der Waals surface area contributed by atoms with Crippen molar-refractivity contribution in [1.82, 2.24) is 29.9 Å². The van der Waals surface area contributed by atoms with Crippen molar-refractivity contribution in [2.75, 3.05) is 0 Å². The smallest absolute Gasteiger partial charge is 0.160 e. The highest BCUT2D eigenvalue weighted by molar-refractivity contribution is 6.00. The summed E-state index contributed by atoms with van der Waals surface area (Å²) in [6, 6.07) is 129. The number of fused-ring (bicyclic) bond motifs is 12. The van der Waals surface area contributed by atoms with Crippen LogP contribution in [0.3, 0.4) is 0 Å². The first-order valence-corrected chi connectivity index (χ1v) is 42.1. The first kappa shape index (κ1) is 76.3. The van der Waals surface area contributed by atoms with E-state index in [2.05, 4.69) is 386 Å². The lowest BCUT2D eigenvalue weighted by Gasteiger charge is -2.49. The van der Waals surface area contributed by atoms with Crippen molar-refractivity contribution >= 4 is 32.8 Å². The van der Waals surface area contributed by atoms with Crippen LogP contribution in [0.2, 0.25) is 0 Å². The Balaban J connectivity index is 0.000000119. The number of hydrogen-bond acceptors (Lipinski definition) is 6. The first-order chi connectivity index (χ1) is 58.1. The monoisotopic (exact) mass is 1550 g/mol. The molecule has 0 spiro atoms. The molecule has 3 aliphatic carbocycles. The summed E-state index contributed by atoms with van der Waals surface area (Å²) >= 11 is 0. The fraction of sp³-hybridized carbons (Fsp3) is 0.158. The molecule has 0 amide bonds. The lowest BCUT2D eigenvalue weighted by Crippen LogP contribution is -2.43. The van der Waals surface area contributed by atoms with E-state index < -0.39 is 0 Å². The molecule has 0 saturated heterocycles. The number of aromatic nitrogens is 6. The minimum absolute atomic E-state index is 0.0333. The van der Waals surface area contributed by atoms with Gasteiger partial charge in [0, 0.05) is 60.4 Å². The van der Waals surface area contributed by atoms with E-state index in [4.69, 9.17) is 29.9 Å². The summed E-state index contributed by atoms with van der Waals surface area (Å²) in [5.74, 6) is 1.49. The Kier molecular flexibility index (Phi) is 18.9. The molecule has 0 bridgehead atoms. The van der Waals surface area contributed by atoms with Crippen LogP contribution >= 0.6 is 0 Å². The van der Waals surface area contributed by atoms with Crippen LogP contribution in [-0.2, 0) is 32.5 Å². The highest BCUT2D eigenvalue weighted by Crippen LogP contribution is 2.60. The molecule has 0 saturated carbocycles. The normalized spacial score (nSPS) is 14.9. The van der Waals surface area contributed by atoms with Gasteiger partial charge < -0.3 is 0 Å². The zero-order chi connectivity index (χ0) is 82.5. The molecule has 3 heterocycles. The van der Waals surface area contributed by atoms with Gasteiger partial charge in [0.05, 0.1) is 44.8 Å². The van der Waals surface area contributed by atoms with Gasteiger partial charge in [0.15, 0.2) is 11.6 Å². The van der Waals surface area contributed by atoms with E-state index in [0.717, 1.165) is 101 Å². The van der Waals surface area contributed by atoms with Crippen molar-refractivity contribution in [3.05, 3.63) is 397 Å². The van der Waals surface area contributed by atoms with Crippen LogP contribution in [0.4, 0.5) is 0 Å². The summed E-state index contributed by atoms with van der Waals surface area (Å²) in [5.41, 5.74) is 37.2. The molecule has 6 heteroatoms. The fourth-order valence-corrected chi connectivity index (χ4v) is 19.3. The standard InChI is InChI=1S/3C38H32N2/c1-37(2)32-21-12-11-18-29(32)30-20-13-19-28(34(30)38(37,3)4)27-22-23-33-31(24-27)35(25-14-7-5-8-15-25)40-36(39-33)26-16-9-6-10-17-26;1-37(2)32-21-12-11-18-29(32)30-20-13-19-28(34(30)38(37,3)4)27-22-23-31-33(24-27)39-36(26-16-9-6-10-17-26)40-35(31)25-14-7-5-8-15-25;1-37(2)31-21-12-11-18-29(31)30-20-13-19-28(34(30)38(37,3)4)27-22-23-32-33(24-27)40-36(26-16-9-6-10-17-26)35(39-32)25-14-7-5-8-15-25/h3*5-24H,1-4H3. The van der Waals surface area contributed by atoms with Crippen molar-refractivity contribution < 1.29 is 0 Å². The molecule has 582 valence electrons. The van der Waals surface area contributed by atoms with Gasteiger partial charge >= 0.3 is 0 Å². The largest absolute Gasteiger partial charge is 0.244 e. The van der Waals surface area contributed by atoms with Crippen LogP contribution in [0.1, 0.15) is 116 Å². The van der Waals surface area contributed by atoms with E-state index in [-0.39, 0.29) is 32.5 Å². The summed E-state index contributed by atoms with van der Waals surface area (Å²) in [6.07, 6.45) is 0. The molecule has 0 radical (unpaired) electrons. The molecule has 0 aliphatic heterocycles. The minimum atomic E-state index is -0.0852.